The van der Waals surface area contributed by atoms with E-state index in [4.69, 9.17) is 4.98 Å². The average Bonchev–Trinajstić information content (AvgIpc) is 3.24. The predicted molar refractivity (Wildman–Crippen MR) is 124 cm³/mol. The molecule has 6 nitrogen and oxygen atoms in total. The number of hydrogen-bond donors (Lipinski definition) is 0. The summed E-state index contributed by atoms with van der Waals surface area (Å²) in [6.07, 6.45) is 2.83. The van der Waals surface area contributed by atoms with E-state index in [1.807, 2.05) is 39.9 Å². The molecule has 0 radical (unpaired) electrons. The molecule has 10 heteroatoms. The van der Waals surface area contributed by atoms with Crippen molar-refractivity contribution in [3.63, 3.8) is 0 Å². The van der Waals surface area contributed by atoms with Crippen molar-refractivity contribution >= 4 is 33.7 Å². The Morgan fingerprint density at radius 2 is 1.91 bits per heavy atom. The zero-order chi connectivity index (χ0) is 22.7. The summed E-state index contributed by atoms with van der Waals surface area (Å²) in [5, 5.41) is 0. The van der Waals surface area contributed by atoms with Gasteiger partial charge >= 0.3 is 0 Å². The van der Waals surface area contributed by atoms with E-state index in [1.165, 1.54) is 24.0 Å². The number of sulfonamides is 1. The predicted octanol–water partition coefficient (Wildman–Crippen LogP) is 4.36. The van der Waals surface area contributed by atoms with Crippen LogP contribution in [0.1, 0.15) is 30.7 Å². The number of anilines is 2. The second-order valence-corrected chi connectivity index (χ2v) is 12.0. The van der Waals surface area contributed by atoms with Gasteiger partial charge in [0.05, 0.1) is 29.8 Å². The quantitative estimate of drug-likeness (QED) is 0.593. The zero-order valence-corrected chi connectivity index (χ0v) is 19.7. The molecule has 0 bridgehead atoms. The number of benzene rings is 1. The summed E-state index contributed by atoms with van der Waals surface area (Å²) >= 11 is 1.41. The van der Waals surface area contributed by atoms with E-state index >= 15 is 0 Å². The van der Waals surface area contributed by atoms with Gasteiger partial charge in [-0.1, -0.05) is 18.2 Å². The molecule has 1 atom stereocenters. The van der Waals surface area contributed by atoms with Crippen molar-refractivity contribution in [2.45, 2.75) is 31.1 Å². The van der Waals surface area contributed by atoms with Crippen LogP contribution < -0.4 is 8.61 Å². The van der Waals surface area contributed by atoms with Crippen LogP contribution in [0, 0.1) is 5.92 Å². The first-order valence-electron chi connectivity index (χ1n) is 10.8. The van der Waals surface area contributed by atoms with E-state index in [9.17, 15) is 17.2 Å². The number of rotatable bonds is 5. The lowest BCUT2D eigenvalue weighted by Gasteiger charge is -2.30. The monoisotopic (exact) mass is 480 g/mol. The first-order valence-corrected chi connectivity index (χ1v) is 13.3. The Labute approximate surface area is 191 Å². The van der Waals surface area contributed by atoms with Crippen LogP contribution in [0.2, 0.25) is 0 Å². The lowest BCUT2D eigenvalue weighted by atomic mass is 9.89. The van der Waals surface area contributed by atoms with Crippen LogP contribution in [0.3, 0.4) is 0 Å². The molecule has 1 aromatic heterocycles. The Kier molecular flexibility index (Phi) is 5.37. The minimum Gasteiger partial charge on any atom is -0.294 e. The Morgan fingerprint density at radius 3 is 2.56 bits per heavy atom. The molecule has 2 aliphatic heterocycles. The number of alkyl halides is 2. The molecule has 3 aliphatic rings. The smallest absolute Gasteiger partial charge is 0.253 e. The van der Waals surface area contributed by atoms with Crippen molar-refractivity contribution in [2.24, 2.45) is 5.92 Å². The number of halogens is 2. The number of pyridine rings is 1. The summed E-state index contributed by atoms with van der Waals surface area (Å²) in [4.78, 5) is 4.84. The molecule has 2 aromatic rings. The molecule has 3 heterocycles. The largest absolute Gasteiger partial charge is 0.294 e. The van der Waals surface area contributed by atoms with Crippen molar-refractivity contribution in [1.29, 1.82) is 0 Å². The Morgan fingerprint density at radius 1 is 1.19 bits per heavy atom. The van der Waals surface area contributed by atoms with Gasteiger partial charge in [-0.05, 0) is 42.5 Å². The second-order valence-electron chi connectivity index (χ2n) is 8.90. The molecule has 2 fully saturated rings. The van der Waals surface area contributed by atoms with E-state index in [-0.39, 0.29) is 6.42 Å². The summed E-state index contributed by atoms with van der Waals surface area (Å²) in [5.41, 5.74) is 3.90. The Balaban J connectivity index is 1.34. The zero-order valence-electron chi connectivity index (χ0n) is 18.0. The van der Waals surface area contributed by atoms with Gasteiger partial charge in [0.1, 0.15) is 0 Å². The van der Waals surface area contributed by atoms with E-state index < -0.39 is 21.9 Å². The van der Waals surface area contributed by atoms with Gasteiger partial charge in [-0.15, -0.1) is 0 Å². The van der Waals surface area contributed by atoms with E-state index in [2.05, 4.69) is 12.1 Å². The minimum absolute atomic E-state index is 0.0372. The van der Waals surface area contributed by atoms with E-state index in [0.29, 0.717) is 25.6 Å². The summed E-state index contributed by atoms with van der Waals surface area (Å²) in [6, 6.07) is 12.2. The third-order valence-corrected chi connectivity index (χ3v) is 8.83. The molecule has 0 spiro atoms. The van der Waals surface area contributed by atoms with Crippen molar-refractivity contribution in [1.82, 2.24) is 9.29 Å². The molecule has 1 aliphatic carbocycles. The van der Waals surface area contributed by atoms with Crippen molar-refractivity contribution in [2.75, 3.05) is 41.5 Å². The fourth-order valence-electron chi connectivity index (χ4n) is 4.53. The standard InChI is InChI=1S/C22H26F2N4O2S2/c1-26-21-20(28(31-26)14-18-13-22(18,23)24)7-6-19(25-21)17-5-3-4-16(12-17)15-8-10-27(11-9-15)32(2,29)30/h3-7,12,15,18H,8-11,13-14H2,1-2H3. The number of piperidine rings is 1. The molecular formula is C22H26F2N4O2S2. The SMILES string of the molecule is CN1SN(CC2CC2(F)F)c2ccc(-c3cccc(C4CCN(S(C)(=O)=O)CC4)c3)nc21. The van der Waals surface area contributed by atoms with E-state index in [0.717, 1.165) is 35.6 Å². The highest BCUT2D eigenvalue weighted by Crippen LogP contribution is 2.52. The molecule has 1 unspecified atom stereocenters. The molecule has 0 N–H and O–H groups in total. The highest BCUT2D eigenvalue weighted by molar-refractivity contribution is 8.02. The molecule has 172 valence electrons. The molecule has 1 saturated heterocycles. The summed E-state index contributed by atoms with van der Waals surface area (Å²) in [5.74, 6) is -2.02. The van der Waals surface area contributed by atoms with Gasteiger partial charge < -0.3 is 0 Å². The topological polar surface area (TPSA) is 56.8 Å². The first-order chi connectivity index (χ1) is 15.1. The second kappa shape index (κ2) is 7.85. The van der Waals surface area contributed by atoms with Gasteiger partial charge in [0.25, 0.3) is 5.92 Å². The maximum absolute atomic E-state index is 13.4. The third kappa shape index (κ3) is 4.20. The Hall–Kier alpha value is -1.91. The summed E-state index contributed by atoms with van der Waals surface area (Å²) in [7, 11) is -1.24. The van der Waals surface area contributed by atoms with Gasteiger partial charge in [0.2, 0.25) is 10.0 Å². The molecule has 1 saturated carbocycles. The fourth-order valence-corrected chi connectivity index (χ4v) is 6.39. The maximum Gasteiger partial charge on any atom is 0.253 e. The van der Waals surface area contributed by atoms with Gasteiger partial charge in [0.15, 0.2) is 5.82 Å². The number of nitrogens with zero attached hydrogens (tertiary/aromatic N) is 4. The van der Waals surface area contributed by atoms with Crippen molar-refractivity contribution < 1.29 is 17.2 Å². The summed E-state index contributed by atoms with van der Waals surface area (Å²) < 4.78 is 55.7. The van der Waals surface area contributed by atoms with Gasteiger partial charge in [-0.25, -0.2) is 26.5 Å². The highest BCUT2D eigenvalue weighted by atomic mass is 32.2. The van der Waals surface area contributed by atoms with Crippen LogP contribution in [0.15, 0.2) is 36.4 Å². The fraction of sp³-hybridized carbons (Fsp3) is 0.500. The third-order valence-electron chi connectivity index (χ3n) is 6.56. The highest BCUT2D eigenvalue weighted by Gasteiger charge is 2.57. The average molecular weight is 481 g/mol. The first kappa shape index (κ1) is 21.9. The Bertz CT molecular complexity index is 1140. The van der Waals surface area contributed by atoms with Crippen LogP contribution in [0.25, 0.3) is 11.3 Å². The molecular weight excluding hydrogens is 454 g/mol. The van der Waals surface area contributed by atoms with E-state index in [1.54, 1.807) is 4.31 Å². The number of fused-ring (bicyclic) bond motifs is 1. The lowest BCUT2D eigenvalue weighted by Crippen LogP contribution is -2.37. The van der Waals surface area contributed by atoms with Gasteiger partial charge in [0, 0.05) is 44.6 Å². The van der Waals surface area contributed by atoms with Crippen LogP contribution in [-0.2, 0) is 10.0 Å². The summed E-state index contributed by atoms with van der Waals surface area (Å²) in [6.45, 7) is 1.41. The molecule has 1 aromatic carbocycles. The molecule has 5 rings (SSSR count). The van der Waals surface area contributed by atoms with Crippen LogP contribution in [-0.4, -0.2) is 56.6 Å². The van der Waals surface area contributed by atoms with Gasteiger partial charge in [-0.2, -0.15) is 0 Å². The van der Waals surface area contributed by atoms with Crippen LogP contribution in [0.5, 0.6) is 0 Å². The van der Waals surface area contributed by atoms with Crippen LogP contribution in [0.4, 0.5) is 20.3 Å². The lowest BCUT2D eigenvalue weighted by molar-refractivity contribution is 0.101. The van der Waals surface area contributed by atoms with Crippen molar-refractivity contribution in [3.8, 4) is 11.3 Å². The van der Waals surface area contributed by atoms with Gasteiger partial charge in [-0.3, -0.25) is 8.61 Å². The maximum atomic E-state index is 13.4. The molecule has 0 amide bonds. The van der Waals surface area contributed by atoms with Crippen LogP contribution >= 0.6 is 12.1 Å². The minimum atomic E-state index is -3.14. The number of hydrogen-bond acceptors (Lipinski definition) is 6. The number of aromatic nitrogens is 1. The molecule has 32 heavy (non-hydrogen) atoms. The van der Waals surface area contributed by atoms with Crippen molar-refractivity contribution in [3.05, 3.63) is 42.0 Å². The normalized spacial score (nSPS) is 23.4.